The van der Waals surface area contributed by atoms with Gasteiger partial charge < -0.3 is 19.4 Å². The largest absolute Gasteiger partial charge is 0.448 e. The number of aliphatic hydroxyl groups excluding tert-OH is 1. The Hall–Kier alpha value is -3.76. The summed E-state index contributed by atoms with van der Waals surface area (Å²) in [6, 6.07) is 3.60. The predicted molar refractivity (Wildman–Crippen MR) is 116 cm³/mol. The van der Waals surface area contributed by atoms with Crippen LogP contribution in [0.15, 0.2) is 34.0 Å². The van der Waals surface area contributed by atoms with E-state index in [4.69, 9.17) is 21.6 Å². The molecule has 0 aliphatic carbocycles. The number of nitriles is 1. The third kappa shape index (κ3) is 5.09. The summed E-state index contributed by atoms with van der Waals surface area (Å²) in [5.74, 6) is -8.61. The highest BCUT2D eigenvalue weighted by atomic mass is 35.5. The number of nitrogens with one attached hydrogen (secondary N) is 1. The first-order valence-electron chi connectivity index (χ1n) is 10.0. The van der Waals surface area contributed by atoms with E-state index in [0.717, 1.165) is 18.3 Å². The Morgan fingerprint density at radius 1 is 1.33 bits per heavy atom. The van der Waals surface area contributed by atoms with E-state index < -0.39 is 64.6 Å². The number of rotatable bonds is 7. The van der Waals surface area contributed by atoms with Gasteiger partial charge in [-0.25, -0.2) is 18.2 Å². The van der Waals surface area contributed by atoms with Crippen molar-refractivity contribution in [2.24, 2.45) is 0 Å². The zero-order chi connectivity index (χ0) is 26.9. The molecular formula is C22H16ClF5N4O4. The van der Waals surface area contributed by atoms with Gasteiger partial charge in [0.15, 0.2) is 11.6 Å². The van der Waals surface area contributed by atoms with Crippen LogP contribution in [0.25, 0.3) is 0 Å². The summed E-state index contributed by atoms with van der Waals surface area (Å²) in [5, 5.41) is 18.4. The van der Waals surface area contributed by atoms with E-state index in [1.807, 2.05) is 0 Å². The van der Waals surface area contributed by atoms with E-state index in [2.05, 4.69) is 9.97 Å². The number of aryl methyl sites for hydroxylation is 1. The quantitative estimate of drug-likeness (QED) is 0.443. The molecule has 1 atom stereocenters. The van der Waals surface area contributed by atoms with Crippen molar-refractivity contribution in [3.8, 4) is 17.6 Å². The molecule has 2 N–H and O–H groups in total. The molecular weight excluding hydrogens is 515 g/mol. The lowest BCUT2D eigenvalue weighted by Gasteiger charge is -2.20. The topological polar surface area (TPSA) is 121 Å². The lowest BCUT2D eigenvalue weighted by Crippen LogP contribution is -2.31. The maximum Gasteiger partial charge on any atom is 0.336 e. The number of hydrogen-bond donors (Lipinski definition) is 2. The molecule has 190 valence electrons. The number of hydrogen-bond acceptors (Lipinski definition) is 6. The summed E-state index contributed by atoms with van der Waals surface area (Å²) in [4.78, 5) is 31.9. The first-order chi connectivity index (χ1) is 16.8. The van der Waals surface area contributed by atoms with Crippen LogP contribution < -0.4 is 15.9 Å². The predicted octanol–water partition coefficient (Wildman–Crippen LogP) is 4.16. The Labute approximate surface area is 204 Å². The fraction of sp³-hybridized carbons (Fsp3) is 0.273. The Morgan fingerprint density at radius 2 is 2.00 bits per heavy atom. The fourth-order valence-corrected chi connectivity index (χ4v) is 3.38. The van der Waals surface area contributed by atoms with E-state index in [0.29, 0.717) is 10.6 Å². The Morgan fingerprint density at radius 3 is 2.56 bits per heavy atom. The van der Waals surface area contributed by atoms with Gasteiger partial charge in [0.25, 0.3) is 11.1 Å². The zero-order valence-corrected chi connectivity index (χ0v) is 19.2. The van der Waals surface area contributed by atoms with E-state index in [1.54, 1.807) is 0 Å². The third-order valence-electron chi connectivity index (χ3n) is 5.06. The van der Waals surface area contributed by atoms with Crippen LogP contribution in [-0.4, -0.2) is 26.1 Å². The van der Waals surface area contributed by atoms with Crippen LogP contribution in [0.3, 0.4) is 0 Å². The number of nitrogens with zero attached hydrogens (tertiary/aromatic N) is 3. The third-order valence-corrected chi connectivity index (χ3v) is 5.27. The average molecular weight is 531 g/mol. The van der Waals surface area contributed by atoms with Gasteiger partial charge in [0.1, 0.15) is 18.0 Å². The molecule has 0 amide bonds. The van der Waals surface area contributed by atoms with Gasteiger partial charge in [0, 0.05) is 23.0 Å². The van der Waals surface area contributed by atoms with Crippen molar-refractivity contribution in [3.63, 3.8) is 0 Å². The minimum Gasteiger partial charge on any atom is -0.448 e. The molecule has 2 heterocycles. The molecule has 0 saturated carbocycles. The first-order valence-corrected chi connectivity index (χ1v) is 10.4. The highest BCUT2D eigenvalue weighted by Gasteiger charge is 2.46. The second-order valence-corrected chi connectivity index (χ2v) is 8.02. The molecule has 0 bridgehead atoms. The lowest BCUT2D eigenvalue weighted by atomic mass is 10.1. The summed E-state index contributed by atoms with van der Waals surface area (Å²) in [7, 11) is 0. The van der Waals surface area contributed by atoms with Crippen LogP contribution in [-0.2, 0) is 12.5 Å². The maximum atomic E-state index is 14.6. The molecule has 0 radical (unpaired) electrons. The molecule has 8 nitrogen and oxygen atoms in total. The molecule has 36 heavy (non-hydrogen) atoms. The highest BCUT2D eigenvalue weighted by molar-refractivity contribution is 6.30. The van der Waals surface area contributed by atoms with Crippen molar-refractivity contribution in [1.29, 1.82) is 5.26 Å². The number of aromatic nitrogens is 3. The van der Waals surface area contributed by atoms with Crippen LogP contribution in [0, 0.1) is 24.1 Å². The number of H-pyrrole nitrogens is 1. The molecule has 0 spiro atoms. The number of ether oxygens (including phenoxy) is 1. The maximum absolute atomic E-state index is 14.6. The number of halogens is 6. The monoisotopic (exact) mass is 530 g/mol. The molecule has 1 aromatic carbocycles. The van der Waals surface area contributed by atoms with Crippen molar-refractivity contribution in [3.05, 3.63) is 84.2 Å². The lowest BCUT2D eigenvalue weighted by molar-refractivity contribution is -0.136. The van der Waals surface area contributed by atoms with E-state index >= 15 is 0 Å². The van der Waals surface area contributed by atoms with Gasteiger partial charge in [-0.1, -0.05) is 11.6 Å². The number of pyridine rings is 1. The van der Waals surface area contributed by atoms with Crippen LogP contribution in [0.2, 0.25) is 5.02 Å². The van der Waals surface area contributed by atoms with Crippen molar-refractivity contribution in [2.75, 3.05) is 0 Å². The Bertz CT molecular complexity index is 1480. The van der Waals surface area contributed by atoms with Gasteiger partial charge in [0.2, 0.25) is 5.75 Å². The fourth-order valence-electron chi connectivity index (χ4n) is 3.17. The van der Waals surface area contributed by atoms with E-state index in [-0.39, 0.29) is 22.1 Å². The smallest absolute Gasteiger partial charge is 0.336 e. The summed E-state index contributed by atoms with van der Waals surface area (Å²) in [5.41, 5.74) is -4.39. The van der Waals surface area contributed by atoms with Crippen molar-refractivity contribution >= 4 is 11.6 Å². The molecule has 0 saturated heterocycles. The summed E-state index contributed by atoms with van der Waals surface area (Å²) in [6.07, 6.45) is -4.64. The average Bonchev–Trinajstić information content (AvgIpc) is 2.79. The van der Waals surface area contributed by atoms with Gasteiger partial charge in [-0.05, 0) is 26.0 Å². The molecule has 3 rings (SSSR count). The summed E-state index contributed by atoms with van der Waals surface area (Å²) >= 11 is 5.78. The van der Waals surface area contributed by atoms with Crippen molar-refractivity contribution in [2.45, 2.75) is 38.8 Å². The van der Waals surface area contributed by atoms with Crippen LogP contribution in [0.1, 0.15) is 41.2 Å². The second kappa shape index (κ2) is 10.1. The minimum absolute atomic E-state index is 0.0609. The summed E-state index contributed by atoms with van der Waals surface area (Å²) < 4.78 is 75.2. The number of benzene rings is 1. The number of aliphatic hydroxyl groups is 1. The molecule has 0 aliphatic rings. The number of alkyl halides is 4. The molecule has 0 aliphatic heterocycles. The molecule has 0 fully saturated rings. The van der Waals surface area contributed by atoms with Gasteiger partial charge in [-0.3, -0.25) is 9.59 Å². The van der Waals surface area contributed by atoms with Crippen LogP contribution >= 0.6 is 11.6 Å². The minimum atomic E-state index is -4.88. The zero-order valence-electron chi connectivity index (χ0n) is 18.5. The van der Waals surface area contributed by atoms with Crippen molar-refractivity contribution in [1.82, 2.24) is 14.5 Å². The summed E-state index contributed by atoms with van der Waals surface area (Å²) in [6.45, 7) is 2.18. The van der Waals surface area contributed by atoms with E-state index in [1.165, 1.54) is 19.9 Å². The van der Waals surface area contributed by atoms with Crippen LogP contribution in [0.5, 0.6) is 11.5 Å². The molecule has 2 aromatic heterocycles. The van der Waals surface area contributed by atoms with E-state index in [9.17, 15) is 36.6 Å². The first kappa shape index (κ1) is 26.8. The molecule has 0 unspecified atom stereocenters. The highest BCUT2D eigenvalue weighted by Crippen LogP contribution is 2.40. The SMILES string of the molecule is Cc1nc([C@H](C)O)[nH]c(=O)c1Cn1ccc(C(F)(F)C(F)F)c(Oc2cc(Cl)cc(C#N)c2F)c1=O. The Balaban J connectivity index is 2.21. The van der Waals surface area contributed by atoms with Crippen LogP contribution in [0.4, 0.5) is 22.0 Å². The normalized spacial score (nSPS) is 12.5. The number of aromatic amines is 1. The van der Waals surface area contributed by atoms with Gasteiger partial charge >= 0.3 is 12.3 Å². The van der Waals surface area contributed by atoms with Crippen molar-refractivity contribution < 1.29 is 31.8 Å². The molecule has 14 heteroatoms. The second-order valence-electron chi connectivity index (χ2n) is 7.59. The van der Waals surface area contributed by atoms with Gasteiger partial charge in [-0.2, -0.15) is 14.0 Å². The molecule has 3 aromatic rings. The standard InChI is InChI=1S/C22H16ClF5N4O4/c1-9-13(19(34)31-18(30-9)10(2)33)8-32-4-3-14(22(27,28)21(25)26)17(20(32)35)36-15-6-12(23)5-11(7-29)16(15)24/h3-6,10,21,33H,8H2,1-2H3,(H,30,31,34)/t10-/m0/s1. The van der Waals surface area contributed by atoms with Gasteiger partial charge in [0.05, 0.1) is 23.2 Å². The Kier molecular flexibility index (Phi) is 7.51. The van der Waals surface area contributed by atoms with Gasteiger partial charge in [-0.15, -0.1) is 0 Å².